The van der Waals surface area contributed by atoms with Crippen LogP contribution in [0.5, 0.6) is 5.75 Å². The lowest BCUT2D eigenvalue weighted by molar-refractivity contribution is -0.0404. The van der Waals surface area contributed by atoms with Crippen LogP contribution >= 0.6 is 0 Å². The van der Waals surface area contributed by atoms with E-state index >= 15 is 0 Å². The van der Waals surface area contributed by atoms with Gasteiger partial charge in [-0.05, 0) is 37.1 Å². The predicted molar refractivity (Wildman–Crippen MR) is 78.0 cm³/mol. The number of hydrogen-bond acceptors (Lipinski definition) is 3. The van der Waals surface area contributed by atoms with Gasteiger partial charge in [0.2, 0.25) is 0 Å². The highest BCUT2D eigenvalue weighted by Gasteiger charge is 2.18. The van der Waals surface area contributed by atoms with Crippen LogP contribution in [0, 0.1) is 6.92 Å². The van der Waals surface area contributed by atoms with Gasteiger partial charge >= 0.3 is 0 Å². The highest BCUT2D eigenvalue weighted by atomic mass is 16.5. The Bertz CT molecular complexity index is 417. The molecule has 2 rings (SSSR count). The second-order valence-electron chi connectivity index (χ2n) is 5.75. The number of morpholine rings is 1. The summed E-state index contributed by atoms with van der Waals surface area (Å²) in [7, 11) is 2.13. The molecule has 0 spiro atoms. The molecule has 0 N–H and O–H groups in total. The molecule has 1 heterocycles. The lowest BCUT2D eigenvalue weighted by atomic mass is 10.0. The average Bonchev–Trinajstić information content (AvgIpc) is 2.37. The molecule has 1 aliphatic rings. The van der Waals surface area contributed by atoms with Crippen LogP contribution in [0.4, 0.5) is 0 Å². The second-order valence-corrected chi connectivity index (χ2v) is 5.75. The number of hydrogen-bond donors (Lipinski definition) is 0. The fraction of sp³-hybridized carbons (Fsp3) is 0.625. The first kappa shape index (κ1) is 14.4. The summed E-state index contributed by atoms with van der Waals surface area (Å²) in [5.41, 5.74) is 2.51. The van der Waals surface area contributed by atoms with E-state index in [0.29, 0.717) is 12.5 Å². The summed E-state index contributed by atoms with van der Waals surface area (Å²) in [6.07, 6.45) is 0.181. The molecule has 1 fully saturated rings. The van der Waals surface area contributed by atoms with Crippen LogP contribution in [-0.2, 0) is 4.74 Å². The molecule has 0 aromatic heterocycles. The molecule has 106 valence electrons. The number of ether oxygens (including phenoxy) is 2. The maximum atomic E-state index is 5.96. The van der Waals surface area contributed by atoms with E-state index in [2.05, 4.69) is 50.9 Å². The van der Waals surface area contributed by atoms with Crippen LogP contribution < -0.4 is 4.74 Å². The fourth-order valence-corrected chi connectivity index (χ4v) is 2.28. The van der Waals surface area contributed by atoms with Crippen LogP contribution in [0.25, 0.3) is 0 Å². The molecule has 3 heteroatoms. The normalized spacial score (nSPS) is 20.8. The minimum absolute atomic E-state index is 0.181. The van der Waals surface area contributed by atoms with Gasteiger partial charge in [-0.15, -0.1) is 0 Å². The van der Waals surface area contributed by atoms with Gasteiger partial charge in [0.05, 0.1) is 6.61 Å². The summed E-state index contributed by atoms with van der Waals surface area (Å²) < 4.78 is 11.7. The van der Waals surface area contributed by atoms with E-state index in [1.54, 1.807) is 0 Å². The molecule has 1 unspecified atom stereocenters. The van der Waals surface area contributed by atoms with Gasteiger partial charge in [-0.25, -0.2) is 0 Å². The number of rotatable bonds is 4. The zero-order valence-electron chi connectivity index (χ0n) is 12.5. The number of likely N-dealkylation sites (N-methyl/N-ethyl adjacent to an activating group) is 1. The van der Waals surface area contributed by atoms with Gasteiger partial charge in [0.15, 0.2) is 0 Å². The summed E-state index contributed by atoms with van der Waals surface area (Å²) in [5, 5.41) is 0. The second kappa shape index (κ2) is 6.40. The van der Waals surface area contributed by atoms with Crippen molar-refractivity contribution < 1.29 is 9.47 Å². The van der Waals surface area contributed by atoms with Crippen molar-refractivity contribution in [3.63, 3.8) is 0 Å². The molecule has 0 bridgehead atoms. The van der Waals surface area contributed by atoms with E-state index in [1.165, 1.54) is 11.1 Å². The minimum Gasteiger partial charge on any atom is -0.491 e. The van der Waals surface area contributed by atoms with Crippen LogP contribution in [0.15, 0.2) is 18.2 Å². The fourth-order valence-electron chi connectivity index (χ4n) is 2.28. The summed E-state index contributed by atoms with van der Waals surface area (Å²) in [6.45, 7) is 9.89. The van der Waals surface area contributed by atoms with Crippen LogP contribution in [0.2, 0.25) is 0 Å². The van der Waals surface area contributed by atoms with E-state index in [9.17, 15) is 0 Å². The van der Waals surface area contributed by atoms with E-state index in [-0.39, 0.29) is 6.10 Å². The highest BCUT2D eigenvalue weighted by Crippen LogP contribution is 2.24. The molecule has 0 saturated carbocycles. The van der Waals surface area contributed by atoms with Gasteiger partial charge in [0.25, 0.3) is 0 Å². The summed E-state index contributed by atoms with van der Waals surface area (Å²) in [4.78, 5) is 2.29. The van der Waals surface area contributed by atoms with Gasteiger partial charge in [-0.1, -0.05) is 26.0 Å². The topological polar surface area (TPSA) is 21.7 Å². The third-order valence-electron chi connectivity index (χ3n) is 3.65. The third-order valence-corrected chi connectivity index (χ3v) is 3.65. The van der Waals surface area contributed by atoms with E-state index in [0.717, 1.165) is 25.4 Å². The van der Waals surface area contributed by atoms with E-state index in [1.807, 2.05) is 0 Å². The number of aryl methyl sites for hydroxylation is 1. The van der Waals surface area contributed by atoms with Crippen LogP contribution in [0.1, 0.15) is 30.9 Å². The Morgan fingerprint density at radius 2 is 2.21 bits per heavy atom. The maximum Gasteiger partial charge on any atom is 0.122 e. The SMILES string of the molecule is Cc1ccc(C(C)C)cc1OCC1CN(C)CCO1. The van der Waals surface area contributed by atoms with Crippen molar-refractivity contribution in [2.75, 3.05) is 33.4 Å². The molecule has 19 heavy (non-hydrogen) atoms. The Kier molecular flexibility index (Phi) is 4.83. The van der Waals surface area contributed by atoms with Crippen molar-refractivity contribution in [1.29, 1.82) is 0 Å². The molecular weight excluding hydrogens is 238 g/mol. The lowest BCUT2D eigenvalue weighted by Crippen LogP contribution is -2.42. The van der Waals surface area contributed by atoms with Crippen molar-refractivity contribution >= 4 is 0 Å². The molecule has 3 nitrogen and oxygen atoms in total. The molecule has 0 radical (unpaired) electrons. The molecule has 0 aliphatic carbocycles. The molecule has 0 amide bonds. The molecule has 1 aliphatic heterocycles. The van der Waals surface area contributed by atoms with Crippen molar-refractivity contribution in [1.82, 2.24) is 4.90 Å². The highest BCUT2D eigenvalue weighted by molar-refractivity contribution is 5.37. The monoisotopic (exact) mass is 263 g/mol. The van der Waals surface area contributed by atoms with Crippen molar-refractivity contribution in [3.8, 4) is 5.75 Å². The summed E-state index contributed by atoms with van der Waals surface area (Å²) >= 11 is 0. The maximum absolute atomic E-state index is 5.96. The zero-order chi connectivity index (χ0) is 13.8. The van der Waals surface area contributed by atoms with Crippen molar-refractivity contribution in [2.45, 2.75) is 32.8 Å². The Hall–Kier alpha value is -1.06. The standard InChI is InChI=1S/C16H25NO2/c1-12(2)14-6-5-13(3)16(9-14)19-11-15-10-17(4)7-8-18-15/h5-6,9,12,15H,7-8,10-11H2,1-4H3. The summed E-state index contributed by atoms with van der Waals surface area (Å²) in [5.74, 6) is 1.52. The van der Waals surface area contributed by atoms with Gasteiger partial charge in [0.1, 0.15) is 18.5 Å². The first-order valence-electron chi connectivity index (χ1n) is 7.09. The Morgan fingerprint density at radius 3 is 2.89 bits per heavy atom. The number of nitrogens with zero attached hydrogens (tertiary/aromatic N) is 1. The predicted octanol–water partition coefficient (Wildman–Crippen LogP) is 2.83. The average molecular weight is 263 g/mol. The quantitative estimate of drug-likeness (QED) is 0.834. The van der Waals surface area contributed by atoms with Crippen LogP contribution in [-0.4, -0.2) is 44.4 Å². The molecule has 1 aromatic carbocycles. The van der Waals surface area contributed by atoms with Gasteiger partial charge in [-0.2, -0.15) is 0 Å². The molecule has 1 saturated heterocycles. The van der Waals surface area contributed by atoms with Crippen LogP contribution in [0.3, 0.4) is 0 Å². The Balaban J connectivity index is 1.96. The molecular formula is C16H25NO2. The summed E-state index contributed by atoms with van der Waals surface area (Å²) in [6, 6.07) is 6.48. The van der Waals surface area contributed by atoms with Gasteiger partial charge in [-0.3, -0.25) is 0 Å². The number of benzene rings is 1. The smallest absolute Gasteiger partial charge is 0.122 e. The van der Waals surface area contributed by atoms with E-state index < -0.39 is 0 Å². The van der Waals surface area contributed by atoms with Gasteiger partial charge in [0, 0.05) is 13.1 Å². The largest absolute Gasteiger partial charge is 0.491 e. The lowest BCUT2D eigenvalue weighted by Gasteiger charge is -2.30. The molecule has 1 atom stereocenters. The first-order valence-corrected chi connectivity index (χ1v) is 7.09. The zero-order valence-corrected chi connectivity index (χ0v) is 12.5. The van der Waals surface area contributed by atoms with Crippen molar-refractivity contribution in [3.05, 3.63) is 29.3 Å². The Labute approximate surface area is 116 Å². The van der Waals surface area contributed by atoms with Crippen molar-refractivity contribution in [2.24, 2.45) is 0 Å². The molecule has 1 aromatic rings. The Morgan fingerprint density at radius 1 is 1.42 bits per heavy atom. The minimum atomic E-state index is 0.181. The third kappa shape index (κ3) is 3.95. The van der Waals surface area contributed by atoms with E-state index in [4.69, 9.17) is 9.47 Å². The van der Waals surface area contributed by atoms with Gasteiger partial charge < -0.3 is 14.4 Å². The first-order chi connectivity index (χ1) is 9.06.